The summed E-state index contributed by atoms with van der Waals surface area (Å²) < 4.78 is 0. The van der Waals surface area contributed by atoms with Crippen molar-refractivity contribution in [3.63, 3.8) is 0 Å². The van der Waals surface area contributed by atoms with Gasteiger partial charge in [0.05, 0.1) is 12.6 Å². The lowest BCUT2D eigenvalue weighted by atomic mass is 9.93. The van der Waals surface area contributed by atoms with Gasteiger partial charge in [0.2, 0.25) is 0 Å². The summed E-state index contributed by atoms with van der Waals surface area (Å²) >= 11 is 0. The lowest BCUT2D eigenvalue weighted by molar-refractivity contribution is -0.104. The first-order chi connectivity index (χ1) is 6.76. The first-order valence-electron chi connectivity index (χ1n) is 4.66. The maximum absolute atomic E-state index is 10.6. The zero-order valence-corrected chi connectivity index (χ0v) is 8.05. The third kappa shape index (κ3) is 1.30. The van der Waals surface area contributed by atoms with E-state index in [4.69, 9.17) is 5.11 Å². The molecular weight excluding hydrogens is 178 g/mol. The molecule has 0 radical (unpaired) electrons. The summed E-state index contributed by atoms with van der Waals surface area (Å²) in [7, 11) is 1.96. The summed E-state index contributed by atoms with van der Waals surface area (Å²) in [5, 5.41) is 9.08. The van der Waals surface area contributed by atoms with E-state index in [1.807, 2.05) is 36.3 Å². The second-order valence-electron chi connectivity index (χ2n) is 3.64. The van der Waals surface area contributed by atoms with Gasteiger partial charge in [-0.1, -0.05) is 24.3 Å². The van der Waals surface area contributed by atoms with Gasteiger partial charge in [-0.05, 0) is 0 Å². The van der Waals surface area contributed by atoms with E-state index in [-0.39, 0.29) is 18.6 Å². The summed E-state index contributed by atoms with van der Waals surface area (Å²) in [4.78, 5) is 12.6. The lowest BCUT2D eigenvalue weighted by Gasteiger charge is -2.26. The van der Waals surface area contributed by atoms with Crippen LogP contribution in [0.3, 0.4) is 0 Å². The number of hydrogen-bond donors (Lipinski definition) is 1. The number of carbonyl (C=O) groups excluding carboxylic acids is 1. The Morgan fingerprint density at radius 2 is 2.36 bits per heavy atom. The van der Waals surface area contributed by atoms with Crippen LogP contribution in [-0.4, -0.2) is 36.0 Å². The number of allylic oxidation sites excluding steroid dienone is 2. The molecule has 2 aliphatic rings. The third-order valence-corrected chi connectivity index (χ3v) is 2.85. The SMILES string of the molecule is CN1C(CO)=CC2C=C(C=O)C=CC21. The van der Waals surface area contributed by atoms with E-state index in [0.29, 0.717) is 0 Å². The van der Waals surface area contributed by atoms with Gasteiger partial charge in [-0.25, -0.2) is 0 Å². The normalized spacial score (nSPS) is 29.7. The Labute approximate surface area is 83.0 Å². The molecule has 1 aliphatic heterocycles. The summed E-state index contributed by atoms with van der Waals surface area (Å²) in [6, 6.07) is 0.265. The molecule has 74 valence electrons. The number of carbonyl (C=O) groups is 1. The fraction of sp³-hybridized carbons (Fsp3) is 0.364. The van der Waals surface area contributed by atoms with Crippen LogP contribution in [0.25, 0.3) is 0 Å². The molecule has 0 aromatic heterocycles. The van der Waals surface area contributed by atoms with Crippen molar-refractivity contribution in [1.82, 2.24) is 4.90 Å². The van der Waals surface area contributed by atoms with Gasteiger partial charge in [-0.15, -0.1) is 0 Å². The third-order valence-electron chi connectivity index (χ3n) is 2.85. The van der Waals surface area contributed by atoms with E-state index < -0.39 is 0 Å². The predicted octanol–water partition coefficient (Wildman–Crippen LogP) is 0.488. The van der Waals surface area contributed by atoms with E-state index >= 15 is 0 Å². The van der Waals surface area contributed by atoms with Gasteiger partial charge >= 0.3 is 0 Å². The van der Waals surface area contributed by atoms with Crippen molar-refractivity contribution in [2.24, 2.45) is 5.92 Å². The fourth-order valence-corrected chi connectivity index (χ4v) is 2.02. The van der Waals surface area contributed by atoms with Crippen LogP contribution < -0.4 is 0 Å². The molecular formula is C11H13NO2. The van der Waals surface area contributed by atoms with Gasteiger partial charge in [0, 0.05) is 24.2 Å². The maximum Gasteiger partial charge on any atom is 0.149 e. The van der Waals surface area contributed by atoms with Crippen LogP contribution in [0.5, 0.6) is 0 Å². The Kier molecular flexibility index (Phi) is 2.25. The van der Waals surface area contributed by atoms with Gasteiger partial charge in [0.15, 0.2) is 0 Å². The van der Waals surface area contributed by atoms with Crippen molar-refractivity contribution < 1.29 is 9.90 Å². The zero-order chi connectivity index (χ0) is 10.1. The van der Waals surface area contributed by atoms with Crippen LogP contribution in [0.2, 0.25) is 0 Å². The minimum absolute atomic E-state index is 0.0571. The van der Waals surface area contributed by atoms with Gasteiger partial charge in [-0.2, -0.15) is 0 Å². The molecule has 14 heavy (non-hydrogen) atoms. The van der Waals surface area contributed by atoms with Crippen LogP contribution in [0.1, 0.15) is 0 Å². The van der Waals surface area contributed by atoms with Crippen LogP contribution in [0.4, 0.5) is 0 Å². The van der Waals surface area contributed by atoms with Crippen LogP contribution in [-0.2, 0) is 4.79 Å². The topological polar surface area (TPSA) is 40.5 Å². The average Bonchev–Trinajstić information content (AvgIpc) is 2.55. The largest absolute Gasteiger partial charge is 0.390 e. The summed E-state index contributed by atoms with van der Waals surface area (Å²) in [6.45, 7) is 0.0571. The highest BCUT2D eigenvalue weighted by atomic mass is 16.3. The molecule has 0 aromatic carbocycles. The number of nitrogens with zero attached hydrogens (tertiary/aromatic N) is 1. The Hall–Kier alpha value is -1.35. The van der Waals surface area contributed by atoms with Crippen molar-refractivity contribution in [1.29, 1.82) is 0 Å². The second-order valence-corrected chi connectivity index (χ2v) is 3.64. The van der Waals surface area contributed by atoms with E-state index in [0.717, 1.165) is 17.6 Å². The van der Waals surface area contributed by atoms with Gasteiger partial charge in [0.1, 0.15) is 6.29 Å². The highest BCUT2D eigenvalue weighted by Gasteiger charge is 2.30. The molecule has 3 nitrogen and oxygen atoms in total. The van der Waals surface area contributed by atoms with E-state index in [9.17, 15) is 4.79 Å². The van der Waals surface area contributed by atoms with Crippen molar-refractivity contribution in [2.75, 3.05) is 13.7 Å². The number of aliphatic hydroxyl groups excluding tert-OH is 1. The number of rotatable bonds is 2. The smallest absolute Gasteiger partial charge is 0.149 e. The molecule has 0 saturated heterocycles. The monoisotopic (exact) mass is 191 g/mol. The average molecular weight is 191 g/mol. The summed E-state index contributed by atoms with van der Waals surface area (Å²) in [5.41, 5.74) is 1.64. The molecule has 1 heterocycles. The van der Waals surface area contributed by atoms with Gasteiger partial charge < -0.3 is 10.0 Å². The molecule has 0 fully saturated rings. The second kappa shape index (κ2) is 3.42. The summed E-state index contributed by atoms with van der Waals surface area (Å²) in [6.07, 6.45) is 8.65. The molecule has 0 spiro atoms. The highest BCUT2D eigenvalue weighted by Crippen LogP contribution is 2.30. The molecule has 0 aromatic rings. The number of aldehydes is 1. The van der Waals surface area contributed by atoms with E-state index in [1.54, 1.807) is 0 Å². The summed E-state index contributed by atoms with van der Waals surface area (Å²) in [5.74, 6) is 0.229. The van der Waals surface area contributed by atoms with Gasteiger partial charge in [0.25, 0.3) is 0 Å². The number of hydrogen-bond acceptors (Lipinski definition) is 3. The number of fused-ring (bicyclic) bond motifs is 1. The molecule has 2 rings (SSSR count). The number of aliphatic hydroxyl groups is 1. The molecule has 0 bridgehead atoms. The molecule has 2 unspecified atom stereocenters. The lowest BCUT2D eigenvalue weighted by Crippen LogP contribution is -2.30. The Balaban J connectivity index is 2.27. The molecule has 0 saturated carbocycles. The van der Waals surface area contributed by atoms with Crippen molar-refractivity contribution >= 4 is 6.29 Å². The van der Waals surface area contributed by atoms with Gasteiger partial charge in [-0.3, -0.25) is 4.79 Å². The van der Waals surface area contributed by atoms with E-state index in [1.165, 1.54) is 0 Å². The maximum atomic E-state index is 10.6. The molecule has 1 N–H and O–H groups in total. The molecule has 0 amide bonds. The van der Waals surface area contributed by atoms with Crippen molar-refractivity contribution in [3.05, 3.63) is 35.6 Å². The minimum Gasteiger partial charge on any atom is -0.390 e. The van der Waals surface area contributed by atoms with Crippen molar-refractivity contribution in [2.45, 2.75) is 6.04 Å². The number of likely N-dealkylation sites (N-methyl/N-ethyl adjacent to an activating group) is 1. The standard InChI is InChI=1S/C11H13NO2/c1-12-10(7-14)5-9-4-8(6-13)2-3-11(9)12/h2-6,9,11,14H,7H2,1H3. The van der Waals surface area contributed by atoms with Crippen LogP contribution in [0, 0.1) is 5.92 Å². The fourth-order valence-electron chi connectivity index (χ4n) is 2.02. The minimum atomic E-state index is 0.0571. The first-order valence-corrected chi connectivity index (χ1v) is 4.66. The van der Waals surface area contributed by atoms with Crippen LogP contribution in [0.15, 0.2) is 35.6 Å². The van der Waals surface area contributed by atoms with Crippen molar-refractivity contribution in [3.8, 4) is 0 Å². The highest BCUT2D eigenvalue weighted by molar-refractivity contribution is 5.78. The molecule has 3 heteroatoms. The first kappa shape index (κ1) is 9.21. The molecule has 2 atom stereocenters. The molecule has 1 aliphatic carbocycles. The quantitative estimate of drug-likeness (QED) is 0.646. The van der Waals surface area contributed by atoms with E-state index in [2.05, 4.69) is 0 Å². The Bertz CT molecular complexity index is 341. The Morgan fingerprint density at radius 1 is 1.57 bits per heavy atom. The zero-order valence-electron chi connectivity index (χ0n) is 8.05. The predicted molar refractivity (Wildman–Crippen MR) is 53.5 cm³/mol. The Morgan fingerprint density at radius 3 is 3.00 bits per heavy atom. The van der Waals surface area contributed by atoms with Crippen LogP contribution >= 0.6 is 0 Å².